The summed E-state index contributed by atoms with van der Waals surface area (Å²) in [7, 11) is 0. The Bertz CT molecular complexity index is 481. The summed E-state index contributed by atoms with van der Waals surface area (Å²) in [5.41, 5.74) is 6.82. The van der Waals surface area contributed by atoms with Gasteiger partial charge in [0.25, 0.3) is 0 Å². The zero-order valence-corrected chi connectivity index (χ0v) is 12.5. The number of hydrogen-bond donors (Lipinski definition) is 2. The molecule has 2 rings (SSSR count). The molecular formula is C14H20N2O3S. The fraction of sp³-hybridized carbons (Fsp3) is 0.500. The van der Waals surface area contributed by atoms with E-state index in [1.165, 1.54) is 0 Å². The van der Waals surface area contributed by atoms with Crippen molar-refractivity contribution in [2.45, 2.75) is 25.4 Å². The van der Waals surface area contributed by atoms with Crippen molar-refractivity contribution in [1.82, 2.24) is 5.32 Å². The van der Waals surface area contributed by atoms with Gasteiger partial charge in [-0.05, 0) is 43.0 Å². The zero-order valence-electron chi connectivity index (χ0n) is 11.7. The van der Waals surface area contributed by atoms with Gasteiger partial charge in [-0.2, -0.15) is 11.8 Å². The predicted molar refractivity (Wildman–Crippen MR) is 80.1 cm³/mol. The molecule has 0 fully saturated rings. The van der Waals surface area contributed by atoms with Crippen LogP contribution in [0.5, 0.6) is 11.5 Å². The van der Waals surface area contributed by atoms with E-state index in [4.69, 9.17) is 15.2 Å². The summed E-state index contributed by atoms with van der Waals surface area (Å²) < 4.78 is 10.6. The summed E-state index contributed by atoms with van der Waals surface area (Å²) in [6.45, 7) is 2.18. The highest BCUT2D eigenvalue weighted by Gasteiger charge is 2.19. The van der Waals surface area contributed by atoms with Crippen LogP contribution in [0.25, 0.3) is 0 Å². The molecule has 2 atom stereocenters. The fourth-order valence-electron chi connectivity index (χ4n) is 1.96. The monoisotopic (exact) mass is 296 g/mol. The van der Waals surface area contributed by atoms with Gasteiger partial charge in [0.2, 0.25) is 12.7 Å². The van der Waals surface area contributed by atoms with E-state index in [0.29, 0.717) is 6.42 Å². The van der Waals surface area contributed by atoms with Crippen molar-refractivity contribution in [3.63, 3.8) is 0 Å². The Morgan fingerprint density at radius 3 is 2.95 bits per heavy atom. The van der Waals surface area contributed by atoms with Crippen molar-refractivity contribution in [1.29, 1.82) is 0 Å². The van der Waals surface area contributed by atoms with E-state index >= 15 is 0 Å². The molecule has 0 aromatic heterocycles. The van der Waals surface area contributed by atoms with Gasteiger partial charge >= 0.3 is 0 Å². The van der Waals surface area contributed by atoms with Crippen LogP contribution in [0.1, 0.15) is 24.9 Å². The second-order valence-electron chi connectivity index (χ2n) is 4.73. The molecule has 1 unspecified atom stereocenters. The minimum atomic E-state index is -0.459. The van der Waals surface area contributed by atoms with Gasteiger partial charge in [0.1, 0.15) is 0 Å². The van der Waals surface area contributed by atoms with E-state index in [1.807, 2.05) is 31.4 Å². The van der Waals surface area contributed by atoms with Crippen molar-refractivity contribution in [3.05, 3.63) is 23.8 Å². The maximum absolute atomic E-state index is 12.0. The standard InChI is InChI=1S/C14H20N2O3S/c1-9(16-14(17)11(15)5-6-20-2)10-3-4-12-13(7-10)19-8-18-12/h3-4,7,9,11H,5-6,8,15H2,1-2H3,(H,16,17)/t9?,11-/m0/s1. The zero-order chi connectivity index (χ0) is 14.5. The lowest BCUT2D eigenvalue weighted by Gasteiger charge is -2.18. The molecule has 110 valence electrons. The van der Waals surface area contributed by atoms with Crippen LogP contribution < -0.4 is 20.5 Å². The molecule has 0 aliphatic carbocycles. The number of nitrogens with two attached hydrogens (primary N) is 1. The first-order valence-electron chi connectivity index (χ1n) is 6.56. The summed E-state index contributed by atoms with van der Waals surface area (Å²) in [6, 6.07) is 5.09. The number of ether oxygens (including phenoxy) is 2. The first kappa shape index (κ1) is 15.0. The smallest absolute Gasteiger partial charge is 0.237 e. The minimum absolute atomic E-state index is 0.114. The quantitative estimate of drug-likeness (QED) is 0.835. The lowest BCUT2D eigenvalue weighted by Crippen LogP contribution is -2.41. The molecule has 20 heavy (non-hydrogen) atoms. The number of carbonyl (C=O) groups excluding carboxylic acids is 1. The Morgan fingerprint density at radius 1 is 1.45 bits per heavy atom. The van der Waals surface area contributed by atoms with Gasteiger partial charge in [-0.1, -0.05) is 6.07 Å². The number of hydrogen-bond acceptors (Lipinski definition) is 5. The van der Waals surface area contributed by atoms with Crippen molar-refractivity contribution in [2.75, 3.05) is 18.8 Å². The lowest BCUT2D eigenvalue weighted by atomic mass is 10.1. The van der Waals surface area contributed by atoms with Crippen LogP contribution in [0.15, 0.2) is 18.2 Å². The molecule has 0 bridgehead atoms. The van der Waals surface area contributed by atoms with Gasteiger partial charge in [-0.25, -0.2) is 0 Å². The van der Waals surface area contributed by atoms with Gasteiger partial charge in [0.05, 0.1) is 12.1 Å². The molecule has 1 aliphatic rings. The van der Waals surface area contributed by atoms with Crippen molar-refractivity contribution < 1.29 is 14.3 Å². The first-order chi connectivity index (χ1) is 9.61. The van der Waals surface area contributed by atoms with Crippen LogP contribution in [-0.4, -0.2) is 30.8 Å². The molecule has 1 aromatic carbocycles. The number of benzene rings is 1. The number of nitrogens with one attached hydrogen (secondary N) is 1. The summed E-state index contributed by atoms with van der Waals surface area (Å²) in [4.78, 5) is 12.0. The van der Waals surface area contributed by atoms with E-state index in [0.717, 1.165) is 22.8 Å². The largest absolute Gasteiger partial charge is 0.454 e. The average molecular weight is 296 g/mol. The molecule has 1 aromatic rings. The third-order valence-electron chi connectivity index (χ3n) is 3.23. The van der Waals surface area contributed by atoms with Crippen molar-refractivity contribution >= 4 is 17.7 Å². The Labute approximate surface area is 123 Å². The van der Waals surface area contributed by atoms with Crippen molar-refractivity contribution in [2.24, 2.45) is 5.73 Å². The second kappa shape index (κ2) is 6.85. The SMILES string of the molecule is CSCC[C@H](N)C(=O)NC(C)c1ccc2c(c1)OCO2. The Morgan fingerprint density at radius 2 is 2.20 bits per heavy atom. The summed E-state index contributed by atoms with van der Waals surface area (Å²) >= 11 is 1.69. The van der Waals surface area contributed by atoms with Gasteiger partial charge in [-0.3, -0.25) is 4.79 Å². The number of amides is 1. The highest BCUT2D eigenvalue weighted by molar-refractivity contribution is 7.98. The molecule has 0 saturated heterocycles. The summed E-state index contributed by atoms with van der Waals surface area (Å²) in [6.07, 6.45) is 2.68. The molecule has 0 radical (unpaired) electrons. The van der Waals surface area contributed by atoms with E-state index in [-0.39, 0.29) is 18.7 Å². The van der Waals surface area contributed by atoms with Crippen LogP contribution in [0.3, 0.4) is 0 Å². The van der Waals surface area contributed by atoms with E-state index in [9.17, 15) is 4.79 Å². The minimum Gasteiger partial charge on any atom is -0.454 e. The Kier molecular flexibility index (Phi) is 5.14. The lowest BCUT2D eigenvalue weighted by molar-refractivity contribution is -0.123. The molecule has 1 aliphatic heterocycles. The van der Waals surface area contributed by atoms with Crippen LogP contribution in [0, 0.1) is 0 Å². The maximum atomic E-state index is 12.0. The van der Waals surface area contributed by atoms with Crippen LogP contribution in [0.4, 0.5) is 0 Å². The molecule has 6 heteroatoms. The highest BCUT2D eigenvalue weighted by Crippen LogP contribution is 2.34. The number of fused-ring (bicyclic) bond motifs is 1. The Hall–Kier alpha value is -1.40. The van der Waals surface area contributed by atoms with Crippen LogP contribution in [0.2, 0.25) is 0 Å². The number of thioether (sulfide) groups is 1. The number of carbonyl (C=O) groups is 1. The van der Waals surface area contributed by atoms with Gasteiger partial charge < -0.3 is 20.5 Å². The van der Waals surface area contributed by atoms with E-state index in [2.05, 4.69) is 5.32 Å². The Balaban J connectivity index is 1.94. The third-order valence-corrected chi connectivity index (χ3v) is 3.87. The predicted octanol–water partition coefficient (Wildman–Crippen LogP) is 1.67. The molecule has 0 spiro atoms. The normalized spacial score (nSPS) is 15.8. The van der Waals surface area contributed by atoms with Gasteiger partial charge in [0.15, 0.2) is 11.5 Å². The highest BCUT2D eigenvalue weighted by atomic mass is 32.2. The van der Waals surface area contributed by atoms with Crippen LogP contribution in [-0.2, 0) is 4.79 Å². The second-order valence-corrected chi connectivity index (χ2v) is 5.72. The van der Waals surface area contributed by atoms with Gasteiger partial charge in [0, 0.05) is 0 Å². The summed E-state index contributed by atoms with van der Waals surface area (Å²) in [5, 5.41) is 2.93. The van der Waals surface area contributed by atoms with Crippen LogP contribution >= 0.6 is 11.8 Å². The summed E-state index contributed by atoms with van der Waals surface area (Å²) in [5.74, 6) is 2.22. The van der Waals surface area contributed by atoms with E-state index in [1.54, 1.807) is 11.8 Å². The molecule has 3 N–H and O–H groups in total. The molecule has 1 heterocycles. The molecular weight excluding hydrogens is 276 g/mol. The first-order valence-corrected chi connectivity index (χ1v) is 7.95. The fourth-order valence-corrected chi connectivity index (χ4v) is 2.45. The maximum Gasteiger partial charge on any atom is 0.237 e. The number of rotatable bonds is 6. The molecule has 5 nitrogen and oxygen atoms in total. The van der Waals surface area contributed by atoms with Crippen molar-refractivity contribution in [3.8, 4) is 11.5 Å². The third kappa shape index (κ3) is 3.58. The molecule has 1 amide bonds. The average Bonchev–Trinajstić information content (AvgIpc) is 2.91. The molecule has 0 saturated carbocycles. The van der Waals surface area contributed by atoms with Gasteiger partial charge in [-0.15, -0.1) is 0 Å². The topological polar surface area (TPSA) is 73.6 Å². The van der Waals surface area contributed by atoms with E-state index < -0.39 is 6.04 Å².